The third kappa shape index (κ3) is 3.48. The summed E-state index contributed by atoms with van der Waals surface area (Å²) in [6.45, 7) is -0.636. The maximum Gasteiger partial charge on any atom is 0.241 e. The van der Waals surface area contributed by atoms with Crippen molar-refractivity contribution >= 4 is 15.9 Å². The molecule has 0 saturated carbocycles. The summed E-state index contributed by atoms with van der Waals surface area (Å²) >= 11 is 0. The third-order valence-corrected chi connectivity index (χ3v) is 3.38. The van der Waals surface area contributed by atoms with Crippen molar-refractivity contribution in [3.8, 4) is 0 Å². The maximum atomic E-state index is 13.1. The number of sulfonamides is 1. The Labute approximate surface area is 97.8 Å². The van der Waals surface area contributed by atoms with Crippen molar-refractivity contribution in [2.75, 3.05) is 6.54 Å². The molecule has 0 saturated heterocycles. The molecule has 0 atom stereocenters. The Balaban J connectivity index is 3.03. The van der Waals surface area contributed by atoms with Gasteiger partial charge in [0.25, 0.3) is 0 Å². The second-order valence-electron chi connectivity index (χ2n) is 3.25. The molecule has 17 heavy (non-hydrogen) atoms. The Morgan fingerprint density at radius 1 is 1.41 bits per heavy atom. The molecule has 0 fully saturated rings. The van der Waals surface area contributed by atoms with E-state index in [4.69, 9.17) is 11.5 Å². The monoisotopic (exact) mass is 261 g/mol. The fourth-order valence-electron chi connectivity index (χ4n) is 1.12. The van der Waals surface area contributed by atoms with Crippen LogP contribution in [0.15, 0.2) is 23.1 Å². The predicted molar refractivity (Wildman–Crippen MR) is 58.7 cm³/mol. The molecule has 0 radical (unpaired) electrons. The normalized spacial score (nSPS) is 11.4. The van der Waals surface area contributed by atoms with Gasteiger partial charge in [-0.1, -0.05) is 0 Å². The van der Waals surface area contributed by atoms with E-state index in [-0.39, 0.29) is 17.0 Å². The van der Waals surface area contributed by atoms with Crippen LogP contribution in [0.5, 0.6) is 0 Å². The summed E-state index contributed by atoms with van der Waals surface area (Å²) in [5, 5.41) is 0. The molecule has 5 N–H and O–H groups in total. The second kappa shape index (κ2) is 5.21. The largest absolute Gasteiger partial charge is 0.369 e. The van der Waals surface area contributed by atoms with E-state index in [1.807, 2.05) is 4.72 Å². The van der Waals surface area contributed by atoms with Crippen LogP contribution in [0.2, 0.25) is 0 Å². The van der Waals surface area contributed by atoms with Gasteiger partial charge < -0.3 is 11.5 Å². The van der Waals surface area contributed by atoms with Crippen molar-refractivity contribution in [2.45, 2.75) is 11.4 Å². The lowest BCUT2D eigenvalue weighted by Gasteiger charge is -2.07. The lowest BCUT2D eigenvalue weighted by atomic mass is 10.2. The van der Waals surface area contributed by atoms with Crippen molar-refractivity contribution in [3.63, 3.8) is 0 Å². The number of rotatable bonds is 5. The Morgan fingerprint density at radius 3 is 2.59 bits per heavy atom. The van der Waals surface area contributed by atoms with Crippen molar-refractivity contribution in [3.05, 3.63) is 29.6 Å². The van der Waals surface area contributed by atoms with E-state index < -0.39 is 28.3 Å². The van der Waals surface area contributed by atoms with Crippen molar-refractivity contribution in [2.24, 2.45) is 11.5 Å². The van der Waals surface area contributed by atoms with Crippen LogP contribution >= 0.6 is 0 Å². The number of hydrogen-bond donors (Lipinski definition) is 3. The van der Waals surface area contributed by atoms with Gasteiger partial charge in [-0.15, -0.1) is 0 Å². The molecule has 1 rings (SSSR count). The van der Waals surface area contributed by atoms with Crippen LogP contribution in [-0.4, -0.2) is 20.9 Å². The number of hydrogen-bond acceptors (Lipinski definition) is 4. The first-order valence-corrected chi connectivity index (χ1v) is 6.11. The van der Waals surface area contributed by atoms with Crippen molar-refractivity contribution < 1.29 is 17.6 Å². The highest BCUT2D eigenvalue weighted by atomic mass is 32.2. The topological polar surface area (TPSA) is 115 Å². The molecule has 0 bridgehead atoms. The highest BCUT2D eigenvalue weighted by Gasteiger charge is 2.16. The molecule has 0 heterocycles. The number of amides is 1. The Hall–Kier alpha value is -1.51. The molecule has 0 spiro atoms. The van der Waals surface area contributed by atoms with Crippen molar-refractivity contribution in [1.82, 2.24) is 4.72 Å². The van der Waals surface area contributed by atoms with Crippen LogP contribution in [-0.2, 0) is 21.4 Å². The summed E-state index contributed by atoms with van der Waals surface area (Å²) < 4.78 is 38.4. The average molecular weight is 261 g/mol. The van der Waals surface area contributed by atoms with E-state index in [1.165, 1.54) is 0 Å². The highest BCUT2D eigenvalue weighted by molar-refractivity contribution is 7.89. The number of halogens is 1. The zero-order valence-electron chi connectivity index (χ0n) is 8.81. The van der Waals surface area contributed by atoms with Gasteiger partial charge >= 0.3 is 0 Å². The molecule has 1 amide bonds. The van der Waals surface area contributed by atoms with Gasteiger partial charge in [0.2, 0.25) is 15.9 Å². The number of nitrogens with one attached hydrogen (secondary N) is 1. The van der Waals surface area contributed by atoms with Crippen LogP contribution in [0.1, 0.15) is 5.56 Å². The van der Waals surface area contributed by atoms with Gasteiger partial charge in [-0.2, -0.15) is 0 Å². The van der Waals surface area contributed by atoms with Gasteiger partial charge in [-0.05, 0) is 18.2 Å². The number of carbonyl (C=O) groups is 1. The third-order valence-electron chi connectivity index (χ3n) is 1.98. The molecule has 0 aliphatic carbocycles. The first-order valence-electron chi connectivity index (χ1n) is 4.63. The fraction of sp³-hybridized carbons (Fsp3) is 0.222. The molecule has 0 aromatic heterocycles. The molecule has 94 valence electrons. The summed E-state index contributed by atoms with van der Waals surface area (Å²) in [6, 6.07) is 3.19. The first kappa shape index (κ1) is 13.6. The quantitative estimate of drug-likeness (QED) is 0.633. The Kier molecular flexibility index (Phi) is 4.16. The minimum absolute atomic E-state index is 0.0759. The van der Waals surface area contributed by atoms with E-state index in [2.05, 4.69) is 0 Å². The predicted octanol–water partition coefficient (Wildman–Crippen LogP) is -0.952. The average Bonchev–Trinajstić information content (AvgIpc) is 2.27. The summed E-state index contributed by atoms with van der Waals surface area (Å²) in [7, 11) is -3.88. The van der Waals surface area contributed by atoms with Crippen LogP contribution in [0.3, 0.4) is 0 Å². The maximum absolute atomic E-state index is 13.1. The number of nitrogens with two attached hydrogens (primary N) is 2. The van der Waals surface area contributed by atoms with Gasteiger partial charge in [-0.25, -0.2) is 17.5 Å². The summed E-state index contributed by atoms with van der Waals surface area (Å²) in [4.78, 5) is 10.3. The highest BCUT2D eigenvalue weighted by Crippen LogP contribution is 2.14. The van der Waals surface area contributed by atoms with E-state index in [1.54, 1.807) is 0 Å². The number of primary amides is 1. The minimum atomic E-state index is -3.88. The SMILES string of the molecule is NCc1cc(S(=O)(=O)NCC(N)=O)ccc1F. The Bertz CT molecular complexity index is 530. The lowest BCUT2D eigenvalue weighted by Crippen LogP contribution is -2.33. The molecule has 1 aromatic rings. The zero-order valence-corrected chi connectivity index (χ0v) is 9.63. The van der Waals surface area contributed by atoms with Gasteiger partial charge in [0.05, 0.1) is 11.4 Å². The second-order valence-corrected chi connectivity index (χ2v) is 5.02. The molecule has 0 aliphatic heterocycles. The van der Waals surface area contributed by atoms with E-state index in [0.29, 0.717) is 0 Å². The number of benzene rings is 1. The van der Waals surface area contributed by atoms with E-state index in [9.17, 15) is 17.6 Å². The van der Waals surface area contributed by atoms with Crippen LogP contribution in [0.4, 0.5) is 4.39 Å². The van der Waals surface area contributed by atoms with Crippen molar-refractivity contribution in [1.29, 1.82) is 0 Å². The smallest absolute Gasteiger partial charge is 0.241 e. The molecule has 1 aromatic carbocycles. The van der Waals surface area contributed by atoms with E-state index in [0.717, 1.165) is 18.2 Å². The zero-order chi connectivity index (χ0) is 13.1. The van der Waals surface area contributed by atoms with Gasteiger partial charge in [-0.3, -0.25) is 4.79 Å². The standard InChI is InChI=1S/C9H12FN3O3S/c10-8-2-1-7(3-6(8)4-11)17(15,16)13-5-9(12)14/h1-3,13H,4-5,11H2,(H2,12,14). The first-order chi connectivity index (χ1) is 7.86. The minimum Gasteiger partial charge on any atom is -0.369 e. The summed E-state index contributed by atoms with van der Waals surface area (Å²) in [6.07, 6.45) is 0. The molecule has 0 unspecified atom stereocenters. The molecule has 6 nitrogen and oxygen atoms in total. The van der Waals surface area contributed by atoms with Gasteiger partial charge in [0.1, 0.15) is 5.82 Å². The molecular formula is C9H12FN3O3S. The van der Waals surface area contributed by atoms with Crippen LogP contribution in [0.25, 0.3) is 0 Å². The molecule has 8 heteroatoms. The summed E-state index contributed by atoms with van der Waals surface area (Å²) in [5.74, 6) is -1.39. The van der Waals surface area contributed by atoms with Gasteiger partial charge in [0, 0.05) is 12.1 Å². The lowest BCUT2D eigenvalue weighted by molar-refractivity contribution is -0.116. The molecular weight excluding hydrogens is 249 g/mol. The summed E-state index contributed by atoms with van der Waals surface area (Å²) in [5.41, 5.74) is 10.1. The fourth-order valence-corrected chi connectivity index (χ4v) is 2.17. The Morgan fingerprint density at radius 2 is 2.06 bits per heavy atom. The molecule has 0 aliphatic rings. The van der Waals surface area contributed by atoms with E-state index >= 15 is 0 Å². The van der Waals surface area contributed by atoms with Crippen LogP contribution < -0.4 is 16.2 Å². The van der Waals surface area contributed by atoms with Gasteiger partial charge in [0.15, 0.2) is 0 Å². The van der Waals surface area contributed by atoms with Crippen LogP contribution in [0, 0.1) is 5.82 Å². The number of carbonyl (C=O) groups excluding carboxylic acids is 1.